The van der Waals surface area contributed by atoms with E-state index in [1.54, 1.807) is 6.92 Å². The van der Waals surface area contributed by atoms with Crippen molar-refractivity contribution >= 4 is 17.8 Å². The number of nitrogens with zero attached hydrogens (tertiary/aromatic N) is 1. The average molecular weight is 541 g/mol. The smallest absolute Gasteiger partial charge is 0.331 e. The summed E-state index contributed by atoms with van der Waals surface area (Å²) in [5.74, 6) is -1.58. The van der Waals surface area contributed by atoms with Gasteiger partial charge in [0, 0.05) is 32.4 Å². The fraction of sp³-hybridized carbons (Fsp3) is 0.692. The molecule has 0 bridgehead atoms. The van der Waals surface area contributed by atoms with Crippen molar-refractivity contribution in [1.82, 2.24) is 10.3 Å². The molecule has 1 fully saturated rings. The van der Waals surface area contributed by atoms with E-state index in [9.17, 15) is 14.4 Å². The number of hydrogen-bond acceptors (Lipinski definition) is 11. The van der Waals surface area contributed by atoms with Crippen LogP contribution in [0.4, 0.5) is 0 Å². The highest BCUT2D eigenvalue weighted by Crippen LogP contribution is 2.29. The number of ether oxygens (including phenoxy) is 7. The van der Waals surface area contributed by atoms with E-state index in [1.165, 1.54) is 26.3 Å². The normalized spacial score (nSPS) is 22.0. The molecule has 0 spiro atoms. The number of unbranched alkanes of at least 4 members (excludes halogenated alkanes) is 1. The second-order valence-corrected chi connectivity index (χ2v) is 9.25. The molecule has 1 aromatic heterocycles. The number of amides is 1. The molecule has 0 aliphatic carbocycles. The Kier molecular flexibility index (Phi) is 13.2. The van der Waals surface area contributed by atoms with E-state index in [0.29, 0.717) is 13.2 Å². The first-order valence-corrected chi connectivity index (χ1v) is 12.8. The summed E-state index contributed by atoms with van der Waals surface area (Å²) in [4.78, 5) is 41.4. The summed E-state index contributed by atoms with van der Waals surface area (Å²) < 4.78 is 39.1. The number of rotatable bonds is 13. The van der Waals surface area contributed by atoms with Gasteiger partial charge in [0.15, 0.2) is 23.2 Å². The summed E-state index contributed by atoms with van der Waals surface area (Å²) >= 11 is 0. The fourth-order valence-electron chi connectivity index (χ4n) is 3.56. The highest BCUT2D eigenvalue weighted by molar-refractivity contribution is 5.98. The predicted octanol–water partition coefficient (Wildman–Crippen LogP) is 2.28. The lowest BCUT2D eigenvalue weighted by Crippen LogP contribution is -2.47. The first kappa shape index (κ1) is 31.3. The molecule has 12 nitrogen and oxygen atoms in total. The number of methoxy groups -OCH3 is 1. The fourth-order valence-corrected chi connectivity index (χ4v) is 3.56. The van der Waals surface area contributed by atoms with Gasteiger partial charge in [-0.3, -0.25) is 9.59 Å². The Labute approximate surface area is 223 Å². The van der Waals surface area contributed by atoms with Gasteiger partial charge in [-0.2, -0.15) is 0 Å². The van der Waals surface area contributed by atoms with Crippen LogP contribution in [-0.2, 0) is 33.3 Å². The number of hydrogen-bond donors (Lipinski definition) is 1. The van der Waals surface area contributed by atoms with Crippen LogP contribution in [0, 0.1) is 5.92 Å². The van der Waals surface area contributed by atoms with Gasteiger partial charge >= 0.3 is 11.9 Å². The summed E-state index contributed by atoms with van der Waals surface area (Å²) in [5.41, 5.74) is -0.170. The van der Waals surface area contributed by atoms with Gasteiger partial charge < -0.3 is 38.5 Å². The molecule has 1 aromatic rings. The molecule has 12 heteroatoms. The third kappa shape index (κ3) is 9.73. The molecular weight excluding hydrogens is 500 g/mol. The van der Waals surface area contributed by atoms with E-state index < -0.39 is 49.0 Å². The zero-order valence-electron chi connectivity index (χ0n) is 23.0. The minimum atomic E-state index is -1.14. The summed E-state index contributed by atoms with van der Waals surface area (Å²) in [6.45, 7) is 9.58. The summed E-state index contributed by atoms with van der Waals surface area (Å²) in [6.07, 6.45) is 1.52. The number of carbonyl (C=O) groups excluding carboxylic acids is 3. The average Bonchev–Trinajstić information content (AvgIpc) is 2.91. The van der Waals surface area contributed by atoms with Gasteiger partial charge in [0.2, 0.25) is 6.79 Å². The molecule has 2 heterocycles. The first-order valence-electron chi connectivity index (χ1n) is 12.8. The van der Waals surface area contributed by atoms with Gasteiger partial charge in [-0.25, -0.2) is 9.78 Å². The lowest BCUT2D eigenvalue weighted by molar-refractivity contribution is -0.169. The molecule has 1 aliphatic heterocycles. The zero-order chi connectivity index (χ0) is 28.1. The maximum absolute atomic E-state index is 13.2. The number of pyridine rings is 1. The van der Waals surface area contributed by atoms with Crippen LogP contribution in [0.2, 0.25) is 0 Å². The Morgan fingerprint density at radius 1 is 1.24 bits per heavy atom. The van der Waals surface area contributed by atoms with Crippen molar-refractivity contribution in [1.29, 1.82) is 0 Å². The number of aromatic nitrogens is 1. The van der Waals surface area contributed by atoms with Gasteiger partial charge in [-0.1, -0.05) is 27.2 Å². The van der Waals surface area contributed by atoms with E-state index >= 15 is 0 Å². The maximum atomic E-state index is 13.2. The van der Waals surface area contributed by atoms with Crippen LogP contribution in [0.25, 0.3) is 0 Å². The third-order valence-electron chi connectivity index (χ3n) is 5.51. The van der Waals surface area contributed by atoms with Crippen LogP contribution in [0.5, 0.6) is 11.5 Å². The minimum absolute atomic E-state index is 0.0500. The van der Waals surface area contributed by atoms with Crippen LogP contribution in [0.15, 0.2) is 12.3 Å². The van der Waals surface area contributed by atoms with E-state index in [4.69, 9.17) is 33.2 Å². The minimum Gasteiger partial charge on any atom is -0.493 e. The van der Waals surface area contributed by atoms with Gasteiger partial charge in [0.1, 0.15) is 18.3 Å². The van der Waals surface area contributed by atoms with Crippen LogP contribution >= 0.6 is 0 Å². The highest BCUT2D eigenvalue weighted by atomic mass is 16.7. The topological polar surface area (TPSA) is 141 Å². The van der Waals surface area contributed by atoms with Crippen LogP contribution in [-0.4, -0.2) is 87.5 Å². The summed E-state index contributed by atoms with van der Waals surface area (Å²) in [5, 5.41) is 2.60. The Morgan fingerprint density at radius 2 is 2.00 bits per heavy atom. The van der Waals surface area contributed by atoms with Crippen molar-refractivity contribution in [2.24, 2.45) is 5.92 Å². The second kappa shape index (κ2) is 16.1. The molecule has 1 N–H and O–H groups in total. The van der Waals surface area contributed by atoms with Gasteiger partial charge in [0.25, 0.3) is 5.91 Å². The van der Waals surface area contributed by atoms with Crippen molar-refractivity contribution in [2.75, 3.05) is 40.3 Å². The maximum Gasteiger partial charge on any atom is 0.331 e. The lowest BCUT2D eigenvalue weighted by Gasteiger charge is -2.31. The molecule has 2 rings (SSSR count). The monoisotopic (exact) mass is 540 g/mol. The van der Waals surface area contributed by atoms with E-state index in [-0.39, 0.29) is 36.3 Å². The summed E-state index contributed by atoms with van der Waals surface area (Å²) in [7, 11) is 1.39. The molecule has 214 valence electrons. The lowest BCUT2D eigenvalue weighted by atomic mass is 10.1. The van der Waals surface area contributed by atoms with Gasteiger partial charge in [-0.15, -0.1) is 0 Å². The van der Waals surface area contributed by atoms with Gasteiger partial charge in [0.05, 0.1) is 20.3 Å². The van der Waals surface area contributed by atoms with E-state index in [1.807, 2.05) is 13.8 Å². The van der Waals surface area contributed by atoms with Crippen molar-refractivity contribution in [2.45, 2.75) is 71.8 Å². The van der Waals surface area contributed by atoms with Gasteiger partial charge in [-0.05, 0) is 19.3 Å². The Hall–Kier alpha value is -2.96. The van der Waals surface area contributed by atoms with Crippen molar-refractivity contribution in [3.63, 3.8) is 0 Å². The molecule has 1 amide bonds. The quantitative estimate of drug-likeness (QED) is 0.224. The highest BCUT2D eigenvalue weighted by Gasteiger charge is 2.36. The van der Waals surface area contributed by atoms with Crippen molar-refractivity contribution in [3.05, 3.63) is 18.0 Å². The number of carbonyl (C=O) groups is 3. The molecule has 1 saturated heterocycles. The first-order chi connectivity index (χ1) is 18.2. The van der Waals surface area contributed by atoms with Crippen LogP contribution in [0.1, 0.15) is 57.9 Å². The number of esters is 2. The molecule has 0 unspecified atom stereocenters. The molecular formula is C26H40N2O10. The molecule has 0 saturated carbocycles. The Balaban J connectivity index is 2.20. The third-order valence-corrected chi connectivity index (χ3v) is 5.51. The van der Waals surface area contributed by atoms with Crippen molar-refractivity contribution < 1.29 is 47.5 Å². The largest absolute Gasteiger partial charge is 0.493 e. The zero-order valence-corrected chi connectivity index (χ0v) is 23.0. The molecule has 4 atom stereocenters. The van der Waals surface area contributed by atoms with Crippen LogP contribution in [0.3, 0.4) is 0 Å². The molecule has 38 heavy (non-hydrogen) atoms. The number of nitrogens with one attached hydrogen (secondary N) is 1. The van der Waals surface area contributed by atoms with Crippen LogP contribution < -0.4 is 14.8 Å². The number of cyclic esters (lactones) is 1. The summed E-state index contributed by atoms with van der Waals surface area (Å²) in [6, 6.07) is 0.342. The standard InChI is InChI=1S/C26H40N2O10/c1-7-8-11-34-21-14-33-13-19(26(31)38-17(4)23(21)35-12-16(2)3)28-25(30)22-24(37-15-36-18(5)29)20(32-6)9-10-27-22/h9-10,16-17,19,21,23H,7-8,11-15H2,1-6H3,(H,28,30)/t17-,19-,21-,23-/m0/s1. The molecule has 1 aliphatic rings. The second-order valence-electron chi connectivity index (χ2n) is 9.25. The Morgan fingerprint density at radius 3 is 2.66 bits per heavy atom. The predicted molar refractivity (Wildman–Crippen MR) is 135 cm³/mol. The molecule has 0 aromatic carbocycles. The van der Waals surface area contributed by atoms with Crippen molar-refractivity contribution in [3.8, 4) is 11.5 Å². The van der Waals surface area contributed by atoms with E-state index in [0.717, 1.165) is 12.8 Å². The van der Waals surface area contributed by atoms with E-state index in [2.05, 4.69) is 17.2 Å². The molecule has 0 radical (unpaired) electrons. The SMILES string of the molecule is CCCCO[C@H]1COC[C@H](NC(=O)c2nccc(OC)c2OCOC(C)=O)C(=O)O[C@@H](C)[C@@H]1OCC(C)C. The Bertz CT molecular complexity index is 910.